The lowest BCUT2D eigenvalue weighted by atomic mass is 9.91. The molecule has 0 aliphatic carbocycles. The molecule has 306 valence electrons. The number of thioether (sulfide) groups is 1. The van der Waals surface area contributed by atoms with Crippen molar-refractivity contribution in [1.29, 1.82) is 0 Å². The van der Waals surface area contributed by atoms with Crippen LogP contribution in [0.2, 0.25) is 0 Å². The summed E-state index contributed by atoms with van der Waals surface area (Å²) in [6, 6.07) is 37.9. The molecule has 2 saturated heterocycles. The van der Waals surface area contributed by atoms with E-state index < -0.39 is 24.3 Å². The first-order valence-corrected chi connectivity index (χ1v) is 20.4. The Morgan fingerprint density at radius 2 is 1.58 bits per heavy atom. The molecule has 5 aromatic carbocycles. The third-order valence-corrected chi connectivity index (χ3v) is 11.6. The second-order valence-electron chi connectivity index (χ2n) is 14.6. The maximum atomic E-state index is 13.4. The zero-order valence-electron chi connectivity index (χ0n) is 32.5. The molecule has 15 heteroatoms. The first-order chi connectivity index (χ1) is 29.2. The molecule has 3 heterocycles. The van der Waals surface area contributed by atoms with Gasteiger partial charge in [-0.05, 0) is 68.1 Å². The van der Waals surface area contributed by atoms with Gasteiger partial charge in [0.1, 0.15) is 18.4 Å². The van der Waals surface area contributed by atoms with Gasteiger partial charge in [0, 0.05) is 17.2 Å². The standard InChI is InChI=1S/C45H42N6O8S/c1-28-39(27-60-44-47-48-49-51(44)35-19-21-36(53)22-20-35)58-43(59-41(28)32-13-11-29(25-52)12-14-32)33-17-15-31(16-18-33)37-10-6-5-9-34(37)24-50-40(54)23-38(42(50)55)46-45(56)57-26-30-7-3-2-4-8-30/h2-22,28,38-39,41,43,52-53H,23-27H2,1H3,(H,46,56). The van der Waals surface area contributed by atoms with Gasteiger partial charge in [-0.25, -0.2) is 4.79 Å². The number of imide groups is 1. The number of nitrogens with zero attached hydrogens (tertiary/aromatic N) is 5. The predicted octanol–water partition coefficient (Wildman–Crippen LogP) is 6.66. The molecule has 0 spiro atoms. The molecule has 8 rings (SSSR count). The summed E-state index contributed by atoms with van der Waals surface area (Å²) in [5.74, 6) is -0.305. The summed E-state index contributed by atoms with van der Waals surface area (Å²) in [5, 5.41) is 34.8. The summed E-state index contributed by atoms with van der Waals surface area (Å²) in [6.45, 7) is 2.10. The SMILES string of the molecule is CC1C(CSc2nnnn2-c2ccc(O)cc2)OC(c2ccc(-c3ccccc3CN3C(=O)CC(NC(=O)OCc4ccccc4)C3=O)cc2)OC1c1ccc(CO)cc1. The summed E-state index contributed by atoms with van der Waals surface area (Å²) in [6.07, 6.45) is -2.28. The third-order valence-electron chi connectivity index (χ3n) is 10.6. The van der Waals surface area contributed by atoms with Gasteiger partial charge in [0.25, 0.3) is 5.91 Å². The molecule has 5 atom stereocenters. The van der Waals surface area contributed by atoms with Gasteiger partial charge in [0.05, 0.1) is 37.5 Å². The molecule has 0 radical (unpaired) electrons. The van der Waals surface area contributed by atoms with Crippen LogP contribution in [0, 0.1) is 5.92 Å². The molecule has 1 aromatic heterocycles. The number of carbonyl (C=O) groups is 3. The number of nitrogens with one attached hydrogen (secondary N) is 1. The number of phenolic OH excluding ortho intramolecular Hbond substituents is 1. The Kier molecular flexibility index (Phi) is 12.3. The quantitative estimate of drug-likeness (QED) is 0.0834. The fourth-order valence-electron chi connectivity index (χ4n) is 7.29. The Bertz CT molecular complexity index is 2430. The highest BCUT2D eigenvalue weighted by Gasteiger charge is 2.41. The van der Waals surface area contributed by atoms with E-state index in [2.05, 4.69) is 27.8 Å². The topological polar surface area (TPSA) is 178 Å². The van der Waals surface area contributed by atoms with Gasteiger partial charge in [0.15, 0.2) is 6.29 Å². The van der Waals surface area contributed by atoms with E-state index in [4.69, 9.17) is 14.2 Å². The molecular formula is C45H42N6O8S. The Labute approximate surface area is 350 Å². The van der Waals surface area contributed by atoms with Crippen LogP contribution in [0.3, 0.4) is 0 Å². The maximum Gasteiger partial charge on any atom is 0.408 e. The molecular weight excluding hydrogens is 785 g/mol. The summed E-state index contributed by atoms with van der Waals surface area (Å²) in [5.41, 5.74) is 6.52. The lowest BCUT2D eigenvalue weighted by Crippen LogP contribution is -2.41. The number of hydrogen-bond donors (Lipinski definition) is 3. The molecule has 0 saturated carbocycles. The Morgan fingerprint density at radius 1 is 0.867 bits per heavy atom. The van der Waals surface area contributed by atoms with E-state index >= 15 is 0 Å². The van der Waals surface area contributed by atoms with Crippen LogP contribution in [-0.2, 0) is 43.6 Å². The fourth-order valence-corrected chi connectivity index (χ4v) is 8.34. The molecule has 3 amide bonds. The predicted molar refractivity (Wildman–Crippen MR) is 220 cm³/mol. The van der Waals surface area contributed by atoms with Crippen LogP contribution in [0.5, 0.6) is 5.75 Å². The molecule has 60 heavy (non-hydrogen) atoms. The van der Waals surface area contributed by atoms with Crippen molar-refractivity contribution in [1.82, 2.24) is 30.4 Å². The van der Waals surface area contributed by atoms with Gasteiger partial charge in [-0.2, -0.15) is 4.68 Å². The molecule has 2 aliphatic heterocycles. The molecule has 14 nitrogen and oxygen atoms in total. The van der Waals surface area contributed by atoms with Crippen molar-refractivity contribution in [3.05, 3.63) is 155 Å². The average molecular weight is 827 g/mol. The smallest absolute Gasteiger partial charge is 0.408 e. The van der Waals surface area contributed by atoms with E-state index in [1.165, 1.54) is 16.7 Å². The van der Waals surface area contributed by atoms with Crippen molar-refractivity contribution in [2.75, 3.05) is 5.75 Å². The van der Waals surface area contributed by atoms with Crippen LogP contribution in [0.4, 0.5) is 4.79 Å². The van der Waals surface area contributed by atoms with Gasteiger partial charge < -0.3 is 29.7 Å². The number of rotatable bonds is 13. The Morgan fingerprint density at radius 3 is 2.33 bits per heavy atom. The molecule has 2 aliphatic rings. The van der Waals surface area contributed by atoms with Gasteiger partial charge >= 0.3 is 6.09 Å². The van der Waals surface area contributed by atoms with Crippen LogP contribution in [-0.4, -0.2) is 71.1 Å². The highest BCUT2D eigenvalue weighted by atomic mass is 32.2. The van der Waals surface area contributed by atoms with Crippen molar-refractivity contribution < 1.29 is 38.8 Å². The number of aromatic hydroxyl groups is 1. The van der Waals surface area contributed by atoms with E-state index in [-0.39, 0.29) is 56.0 Å². The fraction of sp³-hybridized carbons (Fsp3) is 0.244. The summed E-state index contributed by atoms with van der Waals surface area (Å²) in [4.78, 5) is 40.2. The van der Waals surface area contributed by atoms with Gasteiger partial charge in [-0.3, -0.25) is 14.5 Å². The van der Waals surface area contributed by atoms with E-state index in [1.807, 2.05) is 103 Å². The number of hydrogen-bond acceptors (Lipinski definition) is 12. The first kappa shape index (κ1) is 40.4. The van der Waals surface area contributed by atoms with Crippen molar-refractivity contribution in [2.24, 2.45) is 5.92 Å². The average Bonchev–Trinajstić information content (AvgIpc) is 3.86. The van der Waals surface area contributed by atoms with Gasteiger partial charge in [-0.1, -0.05) is 122 Å². The van der Waals surface area contributed by atoms with Crippen molar-refractivity contribution >= 4 is 29.7 Å². The monoisotopic (exact) mass is 826 g/mol. The lowest BCUT2D eigenvalue weighted by molar-refractivity contribution is -0.268. The van der Waals surface area contributed by atoms with Gasteiger partial charge in [-0.15, -0.1) is 5.10 Å². The number of likely N-dealkylation sites (tertiary alicyclic amines) is 1. The molecule has 0 bridgehead atoms. The second kappa shape index (κ2) is 18.3. The number of aliphatic hydroxyl groups is 1. The number of ether oxygens (including phenoxy) is 3. The van der Waals surface area contributed by atoms with Crippen molar-refractivity contribution in [2.45, 2.75) is 62.8 Å². The van der Waals surface area contributed by atoms with E-state index in [9.17, 15) is 24.6 Å². The molecule has 6 aromatic rings. The lowest BCUT2D eigenvalue weighted by Gasteiger charge is -2.41. The van der Waals surface area contributed by atoms with Crippen molar-refractivity contribution in [3.63, 3.8) is 0 Å². The minimum atomic E-state index is -1.02. The van der Waals surface area contributed by atoms with Crippen LogP contribution in [0.1, 0.15) is 53.6 Å². The highest BCUT2D eigenvalue weighted by Crippen LogP contribution is 2.43. The minimum Gasteiger partial charge on any atom is -0.508 e. The number of carbonyl (C=O) groups excluding carboxylic acids is 3. The zero-order chi connectivity index (χ0) is 41.6. The Hall–Kier alpha value is -6.39. The van der Waals surface area contributed by atoms with Crippen LogP contribution >= 0.6 is 11.8 Å². The van der Waals surface area contributed by atoms with Crippen LogP contribution < -0.4 is 5.32 Å². The number of phenols is 1. The van der Waals surface area contributed by atoms with Crippen molar-refractivity contribution in [3.8, 4) is 22.6 Å². The van der Waals surface area contributed by atoms with E-state index in [0.717, 1.165) is 38.9 Å². The number of alkyl carbamates (subject to hydrolysis) is 1. The van der Waals surface area contributed by atoms with Gasteiger partial charge in [0.2, 0.25) is 11.1 Å². The highest BCUT2D eigenvalue weighted by molar-refractivity contribution is 7.99. The second-order valence-corrected chi connectivity index (χ2v) is 15.6. The van der Waals surface area contributed by atoms with E-state index in [1.54, 1.807) is 28.9 Å². The Balaban J connectivity index is 0.971. The summed E-state index contributed by atoms with van der Waals surface area (Å²) >= 11 is 1.45. The van der Waals surface area contributed by atoms with E-state index in [0.29, 0.717) is 16.6 Å². The number of tetrazole rings is 1. The summed E-state index contributed by atoms with van der Waals surface area (Å²) < 4.78 is 20.3. The molecule has 2 fully saturated rings. The number of benzene rings is 5. The van der Waals surface area contributed by atoms with Crippen LogP contribution in [0.25, 0.3) is 16.8 Å². The first-order valence-electron chi connectivity index (χ1n) is 19.4. The molecule has 5 unspecified atom stereocenters. The summed E-state index contributed by atoms with van der Waals surface area (Å²) in [7, 11) is 0. The minimum absolute atomic E-state index is 0.0334. The number of aliphatic hydroxyl groups excluding tert-OH is 1. The zero-order valence-corrected chi connectivity index (χ0v) is 33.4. The number of aromatic nitrogens is 4. The maximum absolute atomic E-state index is 13.4. The normalized spacial score (nSPS) is 20.3. The van der Waals surface area contributed by atoms with Crippen LogP contribution in [0.15, 0.2) is 133 Å². The largest absolute Gasteiger partial charge is 0.508 e. The third kappa shape index (κ3) is 9.09. The number of amides is 3. The molecule has 3 N–H and O–H groups in total.